The van der Waals surface area contributed by atoms with Gasteiger partial charge in [-0.2, -0.15) is 5.10 Å². The summed E-state index contributed by atoms with van der Waals surface area (Å²) in [7, 11) is 2.11. The van der Waals surface area contributed by atoms with Gasteiger partial charge in [-0.05, 0) is 32.0 Å². The molecule has 1 atom stereocenters. The summed E-state index contributed by atoms with van der Waals surface area (Å²) in [6, 6.07) is 14.5. The van der Waals surface area contributed by atoms with Crippen LogP contribution in [-0.4, -0.2) is 46.3 Å². The molecule has 0 radical (unpaired) electrons. The summed E-state index contributed by atoms with van der Waals surface area (Å²) in [5.41, 5.74) is 1.05. The van der Waals surface area contributed by atoms with Crippen LogP contribution in [0.25, 0.3) is 11.3 Å². The van der Waals surface area contributed by atoms with E-state index in [1.54, 1.807) is 12.4 Å². The first-order chi connectivity index (χ1) is 12.8. The molecule has 0 saturated carbocycles. The molecule has 6 nitrogen and oxygen atoms in total. The van der Waals surface area contributed by atoms with Crippen LogP contribution in [0.4, 0.5) is 5.82 Å². The van der Waals surface area contributed by atoms with Gasteiger partial charge in [0.25, 0.3) is 0 Å². The predicted molar refractivity (Wildman–Crippen MR) is 101 cm³/mol. The maximum atomic E-state index is 5.93. The average Bonchev–Trinajstić information content (AvgIpc) is 3.33. The zero-order valence-corrected chi connectivity index (χ0v) is 15.0. The molecule has 0 aliphatic carbocycles. The van der Waals surface area contributed by atoms with Gasteiger partial charge in [-0.1, -0.05) is 30.3 Å². The summed E-state index contributed by atoms with van der Waals surface area (Å²) in [5.74, 6) is 2.53. The molecular weight excluding hydrogens is 326 g/mol. The summed E-state index contributed by atoms with van der Waals surface area (Å²) in [4.78, 5) is 9.06. The van der Waals surface area contributed by atoms with Crippen molar-refractivity contribution in [1.82, 2.24) is 20.1 Å². The lowest BCUT2D eigenvalue weighted by molar-refractivity contribution is 0.272. The molecular formula is C20H23N5O. The Balaban J connectivity index is 1.38. The lowest BCUT2D eigenvalue weighted by atomic mass is 10.2. The van der Waals surface area contributed by atoms with E-state index < -0.39 is 0 Å². The molecule has 3 aromatic rings. The van der Waals surface area contributed by atoms with E-state index >= 15 is 0 Å². The Labute approximate surface area is 153 Å². The second kappa shape index (κ2) is 7.66. The molecule has 3 heterocycles. The van der Waals surface area contributed by atoms with Crippen molar-refractivity contribution < 1.29 is 4.42 Å². The van der Waals surface area contributed by atoms with Crippen LogP contribution in [0.15, 0.2) is 59.3 Å². The maximum Gasteiger partial charge on any atom is 0.209 e. The van der Waals surface area contributed by atoms with Crippen molar-refractivity contribution in [1.29, 1.82) is 0 Å². The third kappa shape index (κ3) is 3.75. The lowest BCUT2D eigenvalue weighted by Crippen LogP contribution is -2.39. The van der Waals surface area contributed by atoms with Gasteiger partial charge in [-0.15, -0.1) is 5.10 Å². The highest BCUT2D eigenvalue weighted by atomic mass is 16.4. The quantitative estimate of drug-likeness (QED) is 0.681. The Bertz CT molecular complexity index is 820. The topological polar surface area (TPSA) is 58.3 Å². The Hall–Kier alpha value is -2.73. The van der Waals surface area contributed by atoms with Gasteiger partial charge in [0.1, 0.15) is 0 Å². The van der Waals surface area contributed by atoms with Crippen LogP contribution in [0.5, 0.6) is 0 Å². The van der Waals surface area contributed by atoms with Gasteiger partial charge in [0, 0.05) is 30.9 Å². The van der Waals surface area contributed by atoms with E-state index in [-0.39, 0.29) is 0 Å². The number of hydrogen-bond donors (Lipinski definition) is 0. The van der Waals surface area contributed by atoms with Gasteiger partial charge >= 0.3 is 0 Å². The van der Waals surface area contributed by atoms with Crippen LogP contribution in [0.3, 0.4) is 0 Å². The van der Waals surface area contributed by atoms with E-state index in [9.17, 15) is 0 Å². The highest BCUT2D eigenvalue weighted by Crippen LogP contribution is 2.24. The Morgan fingerprint density at radius 2 is 2.08 bits per heavy atom. The third-order valence-corrected chi connectivity index (χ3v) is 4.77. The van der Waals surface area contributed by atoms with Crippen molar-refractivity contribution in [2.24, 2.45) is 0 Å². The number of anilines is 1. The van der Waals surface area contributed by atoms with E-state index in [2.05, 4.69) is 32.0 Å². The second-order valence-corrected chi connectivity index (χ2v) is 6.75. The van der Waals surface area contributed by atoms with Crippen LogP contribution in [0.2, 0.25) is 0 Å². The maximum absolute atomic E-state index is 5.93. The number of likely N-dealkylation sites (N-methyl/N-ethyl adjacent to an activating group) is 1. The smallest absolute Gasteiger partial charge is 0.209 e. The van der Waals surface area contributed by atoms with E-state index in [1.165, 1.54) is 12.8 Å². The standard InChI is InChI=1S/C20H23N5O/c1-24(14-17-9-6-12-25(17)19-10-5-11-22-23-19)15-20-21-13-18(26-20)16-7-3-2-4-8-16/h2-5,7-8,10-11,13,17H,6,9,12,14-15H2,1H3/t17-/m1/s1. The SMILES string of the molecule is CN(Cc1ncc(-c2ccccc2)o1)C[C@H]1CCCN1c1cccnn1. The molecule has 1 aliphatic heterocycles. The van der Waals surface area contributed by atoms with Crippen molar-refractivity contribution in [3.05, 3.63) is 60.7 Å². The summed E-state index contributed by atoms with van der Waals surface area (Å²) in [6.45, 7) is 2.67. The molecule has 1 saturated heterocycles. The lowest BCUT2D eigenvalue weighted by Gasteiger charge is -2.28. The van der Waals surface area contributed by atoms with Gasteiger partial charge < -0.3 is 9.32 Å². The van der Waals surface area contributed by atoms with E-state index in [0.29, 0.717) is 12.6 Å². The monoisotopic (exact) mass is 349 g/mol. The molecule has 26 heavy (non-hydrogen) atoms. The number of oxazole rings is 1. The molecule has 6 heteroatoms. The van der Waals surface area contributed by atoms with Crippen molar-refractivity contribution >= 4 is 5.82 Å². The molecule has 0 amide bonds. The average molecular weight is 349 g/mol. The summed E-state index contributed by atoms with van der Waals surface area (Å²) in [5, 5.41) is 8.28. The first-order valence-electron chi connectivity index (χ1n) is 9.02. The van der Waals surface area contributed by atoms with Crippen LogP contribution in [0.1, 0.15) is 18.7 Å². The first kappa shape index (κ1) is 16.7. The fraction of sp³-hybridized carbons (Fsp3) is 0.350. The minimum absolute atomic E-state index is 0.445. The highest BCUT2D eigenvalue weighted by Gasteiger charge is 2.27. The van der Waals surface area contributed by atoms with Crippen molar-refractivity contribution in [3.63, 3.8) is 0 Å². The van der Waals surface area contributed by atoms with Gasteiger partial charge in [0.05, 0.1) is 12.7 Å². The fourth-order valence-corrected chi connectivity index (χ4v) is 3.55. The number of hydrogen-bond acceptors (Lipinski definition) is 6. The van der Waals surface area contributed by atoms with Crippen molar-refractivity contribution in [3.8, 4) is 11.3 Å². The van der Waals surface area contributed by atoms with Crippen molar-refractivity contribution in [2.75, 3.05) is 25.0 Å². The second-order valence-electron chi connectivity index (χ2n) is 6.75. The molecule has 4 rings (SSSR count). The zero-order chi connectivity index (χ0) is 17.8. The number of rotatable bonds is 6. The Morgan fingerprint density at radius 3 is 2.88 bits per heavy atom. The van der Waals surface area contributed by atoms with E-state index in [1.807, 2.05) is 42.5 Å². The largest absolute Gasteiger partial charge is 0.439 e. The molecule has 1 aromatic carbocycles. The molecule has 0 unspecified atom stereocenters. The molecule has 0 spiro atoms. The summed E-state index contributed by atoms with van der Waals surface area (Å²) in [6.07, 6.45) is 5.88. The molecule has 0 bridgehead atoms. The minimum Gasteiger partial charge on any atom is -0.439 e. The van der Waals surface area contributed by atoms with E-state index in [0.717, 1.165) is 36.1 Å². The summed E-state index contributed by atoms with van der Waals surface area (Å²) >= 11 is 0. The molecule has 0 N–H and O–H groups in total. The number of nitrogens with zero attached hydrogens (tertiary/aromatic N) is 5. The summed E-state index contributed by atoms with van der Waals surface area (Å²) < 4.78 is 5.93. The number of aromatic nitrogens is 3. The van der Waals surface area contributed by atoms with Gasteiger partial charge in [-0.25, -0.2) is 4.98 Å². The van der Waals surface area contributed by atoms with E-state index in [4.69, 9.17) is 4.42 Å². The Kier molecular flexibility index (Phi) is 4.93. The van der Waals surface area contributed by atoms with Gasteiger partial charge in [0.2, 0.25) is 5.89 Å². The molecule has 1 aliphatic rings. The van der Waals surface area contributed by atoms with Crippen LogP contribution in [-0.2, 0) is 6.54 Å². The molecule has 134 valence electrons. The minimum atomic E-state index is 0.445. The fourth-order valence-electron chi connectivity index (χ4n) is 3.55. The van der Waals surface area contributed by atoms with Crippen LogP contribution < -0.4 is 4.90 Å². The predicted octanol–water partition coefficient (Wildman–Crippen LogP) is 3.23. The van der Waals surface area contributed by atoms with Gasteiger partial charge in [0.15, 0.2) is 11.6 Å². The molecule has 1 fully saturated rings. The Morgan fingerprint density at radius 1 is 1.19 bits per heavy atom. The third-order valence-electron chi connectivity index (χ3n) is 4.77. The van der Waals surface area contributed by atoms with Crippen LogP contribution >= 0.6 is 0 Å². The number of benzene rings is 1. The van der Waals surface area contributed by atoms with Crippen LogP contribution in [0, 0.1) is 0 Å². The van der Waals surface area contributed by atoms with Crippen molar-refractivity contribution in [2.45, 2.75) is 25.4 Å². The normalized spacial score (nSPS) is 17.2. The molecule has 2 aromatic heterocycles. The van der Waals surface area contributed by atoms with Gasteiger partial charge in [-0.3, -0.25) is 4.90 Å². The first-order valence-corrected chi connectivity index (χ1v) is 9.02. The highest BCUT2D eigenvalue weighted by molar-refractivity contribution is 5.55. The zero-order valence-electron chi connectivity index (χ0n) is 15.0.